The van der Waals surface area contributed by atoms with Gasteiger partial charge in [0.05, 0.1) is 18.4 Å². The SMILES string of the molecule is CCC/C(=C\CN=C(N)N)c1ccc(-c2cn(-c3ccc(C4=CCN(C(=N)N)CC4)cc3)nn2)c(C)c1. The second-order valence-corrected chi connectivity index (χ2v) is 9.18. The van der Waals surface area contributed by atoms with Gasteiger partial charge < -0.3 is 22.1 Å². The standard InChI is InChI=1S/C28H35N9/c1-3-4-20(11-14-33-27(29)30)23-7-10-25(19(2)17-23)26-18-37(35-34-26)24-8-5-21(6-9-24)22-12-15-36(16-13-22)28(31)32/h5-12,17-18H,3-4,13-16H2,1-2H3,(H3,31,32)(H4,29,30,33)/b20-11+. The highest BCUT2D eigenvalue weighted by atomic mass is 15.4. The zero-order chi connectivity index (χ0) is 26.4. The van der Waals surface area contributed by atoms with Crippen molar-refractivity contribution in [1.29, 1.82) is 5.41 Å². The Morgan fingerprint density at radius 2 is 1.92 bits per heavy atom. The third-order valence-corrected chi connectivity index (χ3v) is 6.55. The molecule has 37 heavy (non-hydrogen) atoms. The maximum atomic E-state index is 7.59. The first-order valence-corrected chi connectivity index (χ1v) is 12.5. The lowest BCUT2D eigenvalue weighted by atomic mass is 9.96. The van der Waals surface area contributed by atoms with Crippen molar-refractivity contribution >= 4 is 23.1 Å². The average molecular weight is 498 g/mol. The first-order valence-electron chi connectivity index (χ1n) is 12.5. The van der Waals surface area contributed by atoms with Crippen LogP contribution in [0.15, 0.2) is 65.8 Å². The molecule has 0 unspecified atom stereocenters. The fourth-order valence-electron chi connectivity index (χ4n) is 4.54. The second kappa shape index (κ2) is 11.6. The summed E-state index contributed by atoms with van der Waals surface area (Å²) in [6.07, 6.45) is 9.04. The number of nitrogens with zero attached hydrogens (tertiary/aromatic N) is 5. The monoisotopic (exact) mass is 497 g/mol. The van der Waals surface area contributed by atoms with Crippen LogP contribution in [0.1, 0.15) is 42.9 Å². The Bertz CT molecular complexity index is 1340. The van der Waals surface area contributed by atoms with Gasteiger partial charge >= 0.3 is 0 Å². The van der Waals surface area contributed by atoms with Gasteiger partial charge in [0.2, 0.25) is 0 Å². The molecule has 0 saturated heterocycles. The molecule has 1 aliphatic heterocycles. The molecule has 0 saturated carbocycles. The molecule has 9 nitrogen and oxygen atoms in total. The number of nitrogens with one attached hydrogen (secondary N) is 1. The quantitative estimate of drug-likeness (QED) is 0.276. The van der Waals surface area contributed by atoms with Gasteiger partial charge in [-0.15, -0.1) is 5.10 Å². The highest BCUT2D eigenvalue weighted by Crippen LogP contribution is 2.28. The number of rotatable bonds is 8. The molecule has 0 spiro atoms. The lowest BCUT2D eigenvalue weighted by Crippen LogP contribution is -2.39. The minimum absolute atomic E-state index is 0.100. The molecular weight excluding hydrogens is 462 g/mol. The predicted molar refractivity (Wildman–Crippen MR) is 151 cm³/mol. The molecule has 1 aliphatic rings. The lowest BCUT2D eigenvalue weighted by Gasteiger charge is -2.26. The van der Waals surface area contributed by atoms with Crippen LogP contribution in [0.4, 0.5) is 0 Å². The number of hydrogen-bond acceptors (Lipinski definition) is 4. The molecule has 192 valence electrons. The predicted octanol–water partition coefficient (Wildman–Crippen LogP) is 3.68. The smallest absolute Gasteiger partial charge is 0.188 e. The summed E-state index contributed by atoms with van der Waals surface area (Å²) in [5.74, 6) is 0.224. The summed E-state index contributed by atoms with van der Waals surface area (Å²) < 4.78 is 1.80. The van der Waals surface area contributed by atoms with Gasteiger partial charge in [-0.2, -0.15) is 0 Å². The number of aliphatic imine (C=N–C) groups is 1. The van der Waals surface area contributed by atoms with Crippen LogP contribution in [0.5, 0.6) is 0 Å². The average Bonchev–Trinajstić information content (AvgIpc) is 3.38. The summed E-state index contributed by atoms with van der Waals surface area (Å²) in [5, 5.41) is 16.4. The van der Waals surface area contributed by atoms with Crippen molar-refractivity contribution < 1.29 is 0 Å². The van der Waals surface area contributed by atoms with E-state index in [2.05, 4.69) is 83.8 Å². The van der Waals surface area contributed by atoms with E-state index in [4.69, 9.17) is 22.6 Å². The van der Waals surface area contributed by atoms with Gasteiger partial charge in [0.1, 0.15) is 5.69 Å². The van der Waals surface area contributed by atoms with E-state index in [1.54, 1.807) is 4.68 Å². The van der Waals surface area contributed by atoms with Crippen LogP contribution >= 0.6 is 0 Å². The summed E-state index contributed by atoms with van der Waals surface area (Å²) >= 11 is 0. The summed E-state index contributed by atoms with van der Waals surface area (Å²) in [7, 11) is 0. The summed E-state index contributed by atoms with van der Waals surface area (Å²) in [4.78, 5) is 5.95. The molecule has 2 heterocycles. The molecule has 0 radical (unpaired) electrons. The van der Waals surface area contributed by atoms with E-state index in [0.717, 1.165) is 48.3 Å². The highest BCUT2D eigenvalue weighted by Gasteiger charge is 2.14. The third kappa shape index (κ3) is 6.24. The second-order valence-electron chi connectivity index (χ2n) is 9.18. The van der Waals surface area contributed by atoms with Crippen molar-refractivity contribution in [3.63, 3.8) is 0 Å². The van der Waals surface area contributed by atoms with E-state index in [-0.39, 0.29) is 11.9 Å². The maximum absolute atomic E-state index is 7.59. The van der Waals surface area contributed by atoms with Gasteiger partial charge in [-0.25, -0.2) is 9.67 Å². The van der Waals surface area contributed by atoms with Crippen LogP contribution in [-0.2, 0) is 0 Å². The number of nitrogens with two attached hydrogens (primary N) is 3. The summed E-state index contributed by atoms with van der Waals surface area (Å²) in [6.45, 7) is 6.16. The zero-order valence-corrected chi connectivity index (χ0v) is 21.5. The zero-order valence-electron chi connectivity index (χ0n) is 21.5. The van der Waals surface area contributed by atoms with Gasteiger partial charge in [0.15, 0.2) is 11.9 Å². The highest BCUT2D eigenvalue weighted by molar-refractivity contribution is 5.77. The molecule has 2 aromatic carbocycles. The topological polar surface area (TPSA) is 148 Å². The summed E-state index contributed by atoms with van der Waals surface area (Å²) in [5.41, 5.74) is 25.3. The van der Waals surface area contributed by atoms with E-state index >= 15 is 0 Å². The lowest BCUT2D eigenvalue weighted by molar-refractivity contribution is 0.451. The molecule has 4 rings (SSSR count). The van der Waals surface area contributed by atoms with Gasteiger partial charge in [-0.05, 0) is 59.7 Å². The van der Waals surface area contributed by atoms with Gasteiger partial charge in [0.25, 0.3) is 0 Å². The van der Waals surface area contributed by atoms with E-state index in [1.807, 2.05) is 11.1 Å². The van der Waals surface area contributed by atoms with Crippen molar-refractivity contribution in [2.75, 3.05) is 19.6 Å². The minimum Gasteiger partial charge on any atom is -0.370 e. The first kappa shape index (κ1) is 25.7. The molecule has 7 N–H and O–H groups in total. The van der Waals surface area contributed by atoms with Crippen LogP contribution in [0, 0.1) is 12.3 Å². The van der Waals surface area contributed by atoms with Gasteiger partial charge in [0, 0.05) is 18.7 Å². The molecule has 9 heteroatoms. The number of aryl methyl sites for hydroxylation is 1. The van der Waals surface area contributed by atoms with Crippen LogP contribution < -0.4 is 17.2 Å². The number of benzene rings is 2. The summed E-state index contributed by atoms with van der Waals surface area (Å²) in [6, 6.07) is 14.7. The van der Waals surface area contributed by atoms with Crippen molar-refractivity contribution in [2.24, 2.45) is 22.2 Å². The molecule has 3 aromatic rings. The maximum Gasteiger partial charge on any atom is 0.188 e. The minimum atomic E-state index is 0.100. The van der Waals surface area contributed by atoms with Crippen LogP contribution in [0.3, 0.4) is 0 Å². The van der Waals surface area contributed by atoms with E-state index < -0.39 is 0 Å². The number of guanidine groups is 2. The normalized spacial score (nSPS) is 13.8. The number of hydrogen-bond donors (Lipinski definition) is 4. The first-order chi connectivity index (χ1) is 17.9. The van der Waals surface area contributed by atoms with Crippen LogP contribution in [0.2, 0.25) is 0 Å². The van der Waals surface area contributed by atoms with Crippen LogP contribution in [0.25, 0.3) is 28.1 Å². The third-order valence-electron chi connectivity index (χ3n) is 6.55. The Hall–Kier alpha value is -4.40. The molecular formula is C28H35N9. The molecule has 0 aliphatic carbocycles. The van der Waals surface area contributed by atoms with Gasteiger partial charge in [-0.1, -0.05) is 61.0 Å². The largest absolute Gasteiger partial charge is 0.370 e. The van der Waals surface area contributed by atoms with E-state index in [0.29, 0.717) is 13.1 Å². The van der Waals surface area contributed by atoms with Crippen molar-refractivity contribution in [3.05, 3.63) is 77.5 Å². The molecule has 1 aromatic heterocycles. The van der Waals surface area contributed by atoms with Crippen molar-refractivity contribution in [3.8, 4) is 16.9 Å². The molecule has 0 amide bonds. The molecule has 0 bridgehead atoms. The Labute approximate surface area is 217 Å². The Morgan fingerprint density at radius 3 is 2.54 bits per heavy atom. The van der Waals surface area contributed by atoms with E-state index in [9.17, 15) is 0 Å². The number of aromatic nitrogens is 3. The fraction of sp³-hybridized carbons (Fsp3) is 0.286. The van der Waals surface area contributed by atoms with Crippen molar-refractivity contribution in [2.45, 2.75) is 33.1 Å². The molecule has 0 fully saturated rings. The van der Waals surface area contributed by atoms with Crippen LogP contribution in [-0.4, -0.2) is 51.4 Å². The van der Waals surface area contributed by atoms with Crippen molar-refractivity contribution in [1.82, 2.24) is 19.9 Å². The van der Waals surface area contributed by atoms with Gasteiger partial charge in [-0.3, -0.25) is 5.41 Å². The van der Waals surface area contributed by atoms with E-state index in [1.165, 1.54) is 22.3 Å². The fourth-order valence-corrected chi connectivity index (χ4v) is 4.54. The number of allylic oxidation sites excluding steroid dienone is 1. The Balaban J connectivity index is 1.50. The Morgan fingerprint density at radius 1 is 1.14 bits per heavy atom. The molecule has 0 atom stereocenters. The Kier molecular flexibility index (Phi) is 8.02.